The third kappa shape index (κ3) is 3.67. The van der Waals surface area contributed by atoms with Gasteiger partial charge in [-0.25, -0.2) is 4.79 Å². The van der Waals surface area contributed by atoms with E-state index in [-0.39, 0.29) is 23.7 Å². The van der Waals surface area contributed by atoms with Gasteiger partial charge in [-0.05, 0) is 37.3 Å². The minimum atomic E-state index is -0.337. The number of carbonyl (C=O) groups excluding carboxylic acids is 2. The Morgan fingerprint density at radius 1 is 1.11 bits per heavy atom. The Morgan fingerprint density at radius 2 is 1.89 bits per heavy atom. The Hall–Kier alpha value is -2.83. The molecule has 27 heavy (non-hydrogen) atoms. The smallest absolute Gasteiger partial charge is 0.348 e. The summed E-state index contributed by atoms with van der Waals surface area (Å²) in [6.07, 6.45) is 4.89. The predicted octanol–water partition coefficient (Wildman–Crippen LogP) is 2.47. The van der Waals surface area contributed by atoms with Crippen LogP contribution in [0.25, 0.3) is 0 Å². The summed E-state index contributed by atoms with van der Waals surface area (Å²) in [7, 11) is 0. The van der Waals surface area contributed by atoms with Crippen LogP contribution >= 0.6 is 0 Å². The van der Waals surface area contributed by atoms with E-state index in [2.05, 4.69) is 4.99 Å². The van der Waals surface area contributed by atoms with Crippen LogP contribution in [0.5, 0.6) is 0 Å². The maximum Gasteiger partial charge on any atom is 0.348 e. The van der Waals surface area contributed by atoms with Crippen molar-refractivity contribution in [2.75, 3.05) is 26.2 Å². The molecular weight excluding hydrogens is 344 g/mol. The lowest BCUT2D eigenvalue weighted by atomic mass is 10.1. The number of urea groups is 1. The number of piperidine rings is 1. The summed E-state index contributed by atoms with van der Waals surface area (Å²) in [5.74, 6) is 0.144. The van der Waals surface area contributed by atoms with Gasteiger partial charge in [-0.1, -0.05) is 24.3 Å². The van der Waals surface area contributed by atoms with E-state index in [1.165, 1.54) is 0 Å². The molecule has 142 valence electrons. The fourth-order valence-electron chi connectivity index (χ4n) is 3.60. The maximum atomic E-state index is 12.6. The number of ether oxygens (including phenoxy) is 1. The molecule has 1 saturated heterocycles. The first-order valence-electron chi connectivity index (χ1n) is 9.49. The molecule has 7 nitrogen and oxygen atoms in total. The molecular formula is C20H24N4O3. The van der Waals surface area contributed by atoms with Crippen molar-refractivity contribution < 1.29 is 14.3 Å². The molecule has 0 aliphatic carbocycles. The highest BCUT2D eigenvalue weighted by Gasteiger charge is 2.33. The Labute approximate surface area is 158 Å². The van der Waals surface area contributed by atoms with E-state index in [4.69, 9.17) is 4.74 Å². The van der Waals surface area contributed by atoms with E-state index in [0.29, 0.717) is 19.6 Å². The second kappa shape index (κ2) is 7.42. The molecule has 1 aromatic carbocycles. The SMILES string of the molecule is Cc1ccccc1CN1CCN2C=C(C(=O)N3CCCCC3)OC2=NC1=O. The van der Waals surface area contributed by atoms with Crippen LogP contribution in [0.15, 0.2) is 41.2 Å². The molecule has 4 rings (SSSR count). The number of likely N-dealkylation sites (tertiary alicyclic amines) is 1. The number of hydrogen-bond donors (Lipinski definition) is 0. The van der Waals surface area contributed by atoms with Crippen molar-refractivity contribution in [1.29, 1.82) is 0 Å². The molecule has 0 unspecified atom stereocenters. The third-order valence-corrected chi connectivity index (χ3v) is 5.27. The highest BCUT2D eigenvalue weighted by Crippen LogP contribution is 2.22. The Bertz CT molecular complexity index is 811. The minimum Gasteiger partial charge on any atom is -0.418 e. The lowest BCUT2D eigenvalue weighted by Gasteiger charge is -2.26. The largest absolute Gasteiger partial charge is 0.418 e. The summed E-state index contributed by atoms with van der Waals surface area (Å²) in [6.45, 7) is 5.13. The van der Waals surface area contributed by atoms with Gasteiger partial charge in [0.15, 0.2) is 0 Å². The highest BCUT2D eigenvalue weighted by molar-refractivity contribution is 6.00. The van der Waals surface area contributed by atoms with Crippen LogP contribution in [-0.2, 0) is 16.1 Å². The average molecular weight is 368 g/mol. The average Bonchev–Trinajstić information content (AvgIpc) is 3.02. The van der Waals surface area contributed by atoms with Gasteiger partial charge in [0, 0.05) is 32.7 Å². The fourth-order valence-corrected chi connectivity index (χ4v) is 3.60. The normalized spacial score (nSPS) is 19.9. The summed E-state index contributed by atoms with van der Waals surface area (Å²) in [5, 5.41) is 0. The van der Waals surface area contributed by atoms with Gasteiger partial charge in [-0.3, -0.25) is 9.69 Å². The van der Waals surface area contributed by atoms with E-state index in [9.17, 15) is 9.59 Å². The lowest BCUT2D eigenvalue weighted by molar-refractivity contribution is -0.130. The first kappa shape index (κ1) is 17.6. The molecule has 1 fully saturated rings. The zero-order chi connectivity index (χ0) is 18.8. The summed E-state index contributed by atoms with van der Waals surface area (Å²) >= 11 is 0. The zero-order valence-electron chi connectivity index (χ0n) is 15.6. The van der Waals surface area contributed by atoms with Crippen molar-refractivity contribution in [1.82, 2.24) is 14.7 Å². The molecule has 0 saturated carbocycles. The van der Waals surface area contributed by atoms with Crippen LogP contribution in [0.1, 0.15) is 30.4 Å². The summed E-state index contributed by atoms with van der Waals surface area (Å²) in [6, 6.07) is 7.88. The van der Waals surface area contributed by atoms with Gasteiger partial charge in [0.1, 0.15) is 0 Å². The monoisotopic (exact) mass is 368 g/mol. The van der Waals surface area contributed by atoms with Crippen molar-refractivity contribution in [3.63, 3.8) is 0 Å². The van der Waals surface area contributed by atoms with Crippen LogP contribution in [0.3, 0.4) is 0 Å². The number of carbonyl (C=O) groups is 2. The summed E-state index contributed by atoms with van der Waals surface area (Å²) in [5.41, 5.74) is 2.25. The molecule has 0 bridgehead atoms. The Kier molecular flexibility index (Phi) is 4.83. The number of hydrogen-bond acceptors (Lipinski definition) is 4. The number of benzene rings is 1. The van der Waals surface area contributed by atoms with Crippen molar-refractivity contribution >= 4 is 18.0 Å². The van der Waals surface area contributed by atoms with E-state index in [0.717, 1.165) is 43.5 Å². The van der Waals surface area contributed by atoms with E-state index in [1.807, 2.05) is 36.1 Å². The Balaban J connectivity index is 1.44. The van der Waals surface area contributed by atoms with Gasteiger partial charge >= 0.3 is 12.1 Å². The molecule has 3 amide bonds. The molecule has 0 aromatic heterocycles. The molecule has 0 spiro atoms. The van der Waals surface area contributed by atoms with Crippen LogP contribution in [0.2, 0.25) is 0 Å². The minimum absolute atomic E-state index is 0.116. The second-order valence-electron chi connectivity index (χ2n) is 7.17. The molecule has 0 atom stereocenters. The Morgan fingerprint density at radius 3 is 2.67 bits per heavy atom. The number of rotatable bonds is 3. The van der Waals surface area contributed by atoms with Crippen molar-refractivity contribution in [3.05, 3.63) is 47.4 Å². The molecule has 0 radical (unpaired) electrons. The number of amidine groups is 1. The summed E-state index contributed by atoms with van der Waals surface area (Å²) < 4.78 is 5.65. The molecule has 0 N–H and O–H groups in total. The van der Waals surface area contributed by atoms with Crippen molar-refractivity contribution in [3.8, 4) is 0 Å². The molecule has 1 aromatic rings. The van der Waals surface area contributed by atoms with Crippen LogP contribution in [0, 0.1) is 6.92 Å². The second-order valence-corrected chi connectivity index (χ2v) is 7.17. The molecule has 3 aliphatic heterocycles. The van der Waals surface area contributed by atoms with Gasteiger partial charge in [0.25, 0.3) is 5.91 Å². The number of fused-ring (bicyclic) bond motifs is 1. The van der Waals surface area contributed by atoms with Gasteiger partial charge in [0.2, 0.25) is 5.76 Å². The van der Waals surface area contributed by atoms with E-state index < -0.39 is 0 Å². The van der Waals surface area contributed by atoms with Crippen LogP contribution in [0.4, 0.5) is 4.79 Å². The van der Waals surface area contributed by atoms with Gasteiger partial charge < -0.3 is 14.5 Å². The van der Waals surface area contributed by atoms with Crippen LogP contribution < -0.4 is 0 Å². The fraction of sp³-hybridized carbons (Fsp3) is 0.450. The quantitative estimate of drug-likeness (QED) is 0.822. The third-order valence-electron chi connectivity index (χ3n) is 5.27. The van der Waals surface area contributed by atoms with Gasteiger partial charge in [0.05, 0.1) is 6.20 Å². The topological polar surface area (TPSA) is 65.4 Å². The van der Waals surface area contributed by atoms with E-state index >= 15 is 0 Å². The maximum absolute atomic E-state index is 12.6. The number of aliphatic imine (C=N–C) groups is 1. The van der Waals surface area contributed by atoms with Crippen molar-refractivity contribution in [2.45, 2.75) is 32.7 Å². The first-order chi connectivity index (χ1) is 13.1. The highest BCUT2D eigenvalue weighted by atomic mass is 16.5. The molecule has 3 aliphatic rings. The number of aryl methyl sites for hydroxylation is 1. The first-order valence-corrected chi connectivity index (χ1v) is 9.49. The van der Waals surface area contributed by atoms with Gasteiger partial charge in [-0.2, -0.15) is 0 Å². The molecule has 3 heterocycles. The zero-order valence-corrected chi connectivity index (χ0v) is 15.6. The number of amides is 3. The number of nitrogens with zero attached hydrogens (tertiary/aromatic N) is 4. The molecule has 7 heteroatoms. The van der Waals surface area contributed by atoms with Gasteiger partial charge in [-0.15, -0.1) is 4.99 Å². The summed E-state index contributed by atoms with van der Waals surface area (Å²) in [4.78, 5) is 34.6. The standard InChI is InChI=1S/C20H24N4O3/c1-15-7-3-4-8-16(15)13-23-11-12-24-14-17(27-20(24)21-19(23)26)18(25)22-9-5-2-6-10-22/h3-4,7-8,14H,2,5-6,9-13H2,1H3. The lowest BCUT2D eigenvalue weighted by Crippen LogP contribution is -2.36. The van der Waals surface area contributed by atoms with Crippen LogP contribution in [-0.4, -0.2) is 58.8 Å². The van der Waals surface area contributed by atoms with Crippen molar-refractivity contribution in [2.24, 2.45) is 4.99 Å². The van der Waals surface area contributed by atoms with E-state index in [1.54, 1.807) is 16.0 Å². The predicted molar refractivity (Wildman–Crippen MR) is 101 cm³/mol.